The first-order valence-corrected chi connectivity index (χ1v) is 7.89. The van der Waals surface area contributed by atoms with Crippen molar-refractivity contribution in [2.75, 3.05) is 5.32 Å². The third kappa shape index (κ3) is 3.40. The fraction of sp³-hybridized carbons (Fsp3) is 0.333. The number of amides is 2. The number of carbonyl (C=O) groups excluding carboxylic acids is 1. The van der Waals surface area contributed by atoms with Gasteiger partial charge in [0.25, 0.3) is 0 Å². The minimum absolute atomic E-state index is 0.0575. The molecule has 112 valence electrons. The fourth-order valence-corrected chi connectivity index (χ4v) is 3.13. The molecule has 0 aromatic carbocycles. The number of aryl methyl sites for hydroxylation is 1. The number of rotatable bonds is 4. The first kappa shape index (κ1) is 14.5. The average molecular weight is 313 g/mol. The van der Waals surface area contributed by atoms with Gasteiger partial charge in [-0.25, -0.2) is 14.8 Å². The molecule has 0 radical (unpaired) electrons. The fourth-order valence-electron chi connectivity index (χ4n) is 2.19. The molecule has 7 heteroatoms. The largest absolute Gasteiger partial charge is 0.328 e. The SMILES string of the molecule is Cc1csc([C@@H](NC(=O)Nc2cc(C#N)ccn2)C2CC2)n1. The molecule has 2 aromatic rings. The van der Waals surface area contributed by atoms with Gasteiger partial charge in [-0.1, -0.05) is 0 Å². The lowest BCUT2D eigenvalue weighted by Gasteiger charge is -2.16. The lowest BCUT2D eigenvalue weighted by atomic mass is 10.2. The zero-order valence-corrected chi connectivity index (χ0v) is 12.9. The van der Waals surface area contributed by atoms with Crippen LogP contribution in [0.4, 0.5) is 10.6 Å². The van der Waals surface area contributed by atoms with Gasteiger partial charge in [-0.05, 0) is 37.8 Å². The second kappa shape index (κ2) is 6.12. The summed E-state index contributed by atoms with van der Waals surface area (Å²) in [5.41, 5.74) is 1.43. The summed E-state index contributed by atoms with van der Waals surface area (Å²) in [7, 11) is 0. The predicted octanol–water partition coefficient (Wildman–Crippen LogP) is 2.99. The van der Waals surface area contributed by atoms with Crippen LogP contribution in [0.15, 0.2) is 23.7 Å². The molecular weight excluding hydrogens is 298 g/mol. The number of urea groups is 1. The van der Waals surface area contributed by atoms with E-state index in [1.54, 1.807) is 23.5 Å². The van der Waals surface area contributed by atoms with Crippen LogP contribution in [-0.2, 0) is 0 Å². The molecule has 2 amide bonds. The molecule has 6 nitrogen and oxygen atoms in total. The van der Waals surface area contributed by atoms with Crippen molar-refractivity contribution in [3.63, 3.8) is 0 Å². The van der Waals surface area contributed by atoms with Crippen molar-refractivity contribution in [3.05, 3.63) is 40.0 Å². The Hall–Kier alpha value is -2.46. The number of nitrogens with one attached hydrogen (secondary N) is 2. The average Bonchev–Trinajstić information content (AvgIpc) is 3.26. The van der Waals surface area contributed by atoms with Gasteiger partial charge in [-0.3, -0.25) is 5.32 Å². The number of anilines is 1. The molecule has 0 unspecified atom stereocenters. The van der Waals surface area contributed by atoms with E-state index in [2.05, 4.69) is 20.6 Å². The van der Waals surface area contributed by atoms with Crippen LogP contribution in [0.5, 0.6) is 0 Å². The highest BCUT2D eigenvalue weighted by molar-refractivity contribution is 7.09. The van der Waals surface area contributed by atoms with Crippen molar-refractivity contribution in [3.8, 4) is 6.07 Å². The van der Waals surface area contributed by atoms with Gasteiger partial charge >= 0.3 is 6.03 Å². The minimum Gasteiger partial charge on any atom is -0.328 e. The zero-order chi connectivity index (χ0) is 15.5. The highest BCUT2D eigenvalue weighted by Gasteiger charge is 2.35. The van der Waals surface area contributed by atoms with Gasteiger partial charge in [0, 0.05) is 17.3 Å². The van der Waals surface area contributed by atoms with Crippen molar-refractivity contribution in [2.24, 2.45) is 5.92 Å². The Kier molecular flexibility index (Phi) is 4.02. The molecule has 1 aliphatic rings. The predicted molar refractivity (Wildman–Crippen MR) is 83.4 cm³/mol. The smallest absolute Gasteiger partial charge is 0.320 e. The number of aromatic nitrogens is 2. The van der Waals surface area contributed by atoms with Crippen LogP contribution in [0.25, 0.3) is 0 Å². The number of pyridine rings is 1. The Morgan fingerprint density at radius 3 is 3.00 bits per heavy atom. The Bertz CT molecular complexity index is 732. The van der Waals surface area contributed by atoms with Crippen LogP contribution in [0.3, 0.4) is 0 Å². The number of thiazole rings is 1. The molecular formula is C15H15N5OS. The van der Waals surface area contributed by atoms with E-state index in [1.807, 2.05) is 18.4 Å². The molecule has 1 aliphatic carbocycles. The third-order valence-corrected chi connectivity index (χ3v) is 4.46. The molecule has 0 aliphatic heterocycles. The topological polar surface area (TPSA) is 90.7 Å². The summed E-state index contributed by atoms with van der Waals surface area (Å²) in [5.74, 6) is 0.816. The minimum atomic E-state index is -0.327. The Labute approximate surface area is 132 Å². The summed E-state index contributed by atoms with van der Waals surface area (Å²) in [6, 6.07) is 4.77. The highest BCUT2D eigenvalue weighted by atomic mass is 32.1. The molecule has 0 saturated heterocycles. The van der Waals surface area contributed by atoms with Gasteiger partial charge in [0.1, 0.15) is 10.8 Å². The van der Waals surface area contributed by atoms with Crippen LogP contribution < -0.4 is 10.6 Å². The quantitative estimate of drug-likeness (QED) is 0.907. The zero-order valence-electron chi connectivity index (χ0n) is 12.0. The second-order valence-electron chi connectivity index (χ2n) is 5.28. The van der Waals surface area contributed by atoms with E-state index in [-0.39, 0.29) is 12.1 Å². The highest BCUT2D eigenvalue weighted by Crippen LogP contribution is 2.41. The van der Waals surface area contributed by atoms with Gasteiger partial charge in [0.05, 0.1) is 17.7 Å². The number of hydrogen-bond acceptors (Lipinski definition) is 5. The molecule has 2 N–H and O–H groups in total. The molecule has 2 heterocycles. The maximum atomic E-state index is 12.2. The van der Waals surface area contributed by atoms with Crippen LogP contribution >= 0.6 is 11.3 Å². The van der Waals surface area contributed by atoms with E-state index in [1.165, 1.54) is 6.20 Å². The van der Waals surface area contributed by atoms with Crippen LogP contribution in [-0.4, -0.2) is 16.0 Å². The molecule has 22 heavy (non-hydrogen) atoms. The molecule has 0 spiro atoms. The molecule has 2 aromatic heterocycles. The van der Waals surface area contributed by atoms with Crippen LogP contribution in [0.1, 0.15) is 35.1 Å². The first-order chi connectivity index (χ1) is 10.7. The Morgan fingerprint density at radius 2 is 2.36 bits per heavy atom. The third-order valence-electron chi connectivity index (χ3n) is 3.41. The maximum Gasteiger partial charge on any atom is 0.320 e. The summed E-state index contributed by atoms with van der Waals surface area (Å²) < 4.78 is 0. The van der Waals surface area contributed by atoms with E-state index in [0.29, 0.717) is 17.3 Å². The monoisotopic (exact) mass is 313 g/mol. The van der Waals surface area contributed by atoms with Crippen molar-refractivity contribution < 1.29 is 4.79 Å². The van der Waals surface area contributed by atoms with E-state index in [4.69, 9.17) is 5.26 Å². The van der Waals surface area contributed by atoms with Crippen LogP contribution in [0, 0.1) is 24.2 Å². The lowest BCUT2D eigenvalue weighted by molar-refractivity contribution is 0.247. The standard InChI is InChI=1S/C15H15N5OS/c1-9-8-22-14(18-9)13(11-2-3-11)20-15(21)19-12-6-10(7-16)4-5-17-12/h4-6,8,11,13H,2-3H2,1H3,(H2,17,19,20,21)/t13-/m0/s1. The number of hydrogen-bond donors (Lipinski definition) is 2. The lowest BCUT2D eigenvalue weighted by Crippen LogP contribution is -2.33. The number of nitriles is 1. The maximum absolute atomic E-state index is 12.2. The second-order valence-corrected chi connectivity index (χ2v) is 6.17. The van der Waals surface area contributed by atoms with E-state index < -0.39 is 0 Å². The molecule has 1 atom stereocenters. The van der Waals surface area contributed by atoms with Crippen molar-refractivity contribution in [1.29, 1.82) is 5.26 Å². The summed E-state index contributed by atoms with van der Waals surface area (Å²) >= 11 is 1.57. The van der Waals surface area contributed by atoms with Crippen molar-refractivity contribution in [2.45, 2.75) is 25.8 Å². The van der Waals surface area contributed by atoms with Gasteiger partial charge in [-0.15, -0.1) is 11.3 Å². The summed E-state index contributed by atoms with van der Waals surface area (Å²) in [5, 5.41) is 17.4. The summed E-state index contributed by atoms with van der Waals surface area (Å²) in [6.07, 6.45) is 3.70. The Morgan fingerprint density at radius 1 is 1.55 bits per heavy atom. The molecule has 1 saturated carbocycles. The normalized spacial score (nSPS) is 14.9. The van der Waals surface area contributed by atoms with Gasteiger partial charge in [0.15, 0.2) is 0 Å². The molecule has 3 rings (SSSR count). The van der Waals surface area contributed by atoms with Crippen molar-refractivity contribution in [1.82, 2.24) is 15.3 Å². The van der Waals surface area contributed by atoms with Gasteiger partial charge in [0.2, 0.25) is 0 Å². The van der Waals surface area contributed by atoms with Crippen molar-refractivity contribution >= 4 is 23.2 Å². The first-order valence-electron chi connectivity index (χ1n) is 7.01. The van der Waals surface area contributed by atoms with E-state index in [0.717, 1.165) is 23.5 Å². The van der Waals surface area contributed by atoms with Gasteiger partial charge < -0.3 is 5.32 Å². The van der Waals surface area contributed by atoms with E-state index in [9.17, 15) is 4.79 Å². The summed E-state index contributed by atoms with van der Waals surface area (Å²) in [4.78, 5) is 20.7. The molecule has 0 bridgehead atoms. The molecule has 1 fully saturated rings. The Balaban J connectivity index is 1.68. The summed E-state index contributed by atoms with van der Waals surface area (Å²) in [6.45, 7) is 1.95. The van der Waals surface area contributed by atoms with E-state index >= 15 is 0 Å². The number of carbonyl (C=O) groups is 1. The van der Waals surface area contributed by atoms with Crippen LogP contribution in [0.2, 0.25) is 0 Å². The van der Waals surface area contributed by atoms with Gasteiger partial charge in [-0.2, -0.15) is 5.26 Å². The number of nitrogens with zero attached hydrogens (tertiary/aromatic N) is 3.